The van der Waals surface area contributed by atoms with Gasteiger partial charge in [-0.15, -0.1) is 24.0 Å². The van der Waals surface area contributed by atoms with Crippen molar-refractivity contribution in [3.8, 4) is 0 Å². The van der Waals surface area contributed by atoms with Crippen LogP contribution in [0.2, 0.25) is 5.02 Å². The van der Waals surface area contributed by atoms with Crippen molar-refractivity contribution in [3.63, 3.8) is 0 Å². The minimum absolute atomic E-state index is 0. The molecule has 19 heavy (non-hydrogen) atoms. The Morgan fingerprint density at radius 1 is 1.21 bits per heavy atom. The lowest BCUT2D eigenvalue weighted by Gasteiger charge is -2.22. The van der Waals surface area contributed by atoms with Crippen LogP contribution in [0.1, 0.15) is 5.56 Å². The zero-order valence-corrected chi connectivity index (χ0v) is 14.7. The first kappa shape index (κ1) is 18.4. The van der Waals surface area contributed by atoms with Crippen LogP contribution in [0.15, 0.2) is 23.2 Å². The third-order valence-corrected chi connectivity index (χ3v) is 2.83. The summed E-state index contributed by atoms with van der Waals surface area (Å²) in [7, 11) is 7.70. The molecule has 0 aliphatic rings. The van der Waals surface area contributed by atoms with E-state index in [2.05, 4.69) is 4.99 Å². The predicted molar refractivity (Wildman–Crippen MR) is 90.2 cm³/mol. The minimum atomic E-state index is -0.269. The Hall–Kier alpha value is -0.560. The molecule has 0 heterocycles. The molecule has 0 saturated carbocycles. The second-order valence-corrected chi connectivity index (χ2v) is 4.83. The number of hydrogen-bond donors (Lipinski definition) is 0. The molecule has 0 radical (unpaired) electrons. The number of nitrogens with zero attached hydrogens (tertiary/aromatic N) is 3. The first-order chi connectivity index (χ1) is 8.43. The van der Waals surface area contributed by atoms with Gasteiger partial charge in [0.15, 0.2) is 5.96 Å². The highest BCUT2D eigenvalue weighted by Gasteiger charge is 2.07. The van der Waals surface area contributed by atoms with Gasteiger partial charge in [0, 0.05) is 45.3 Å². The van der Waals surface area contributed by atoms with Gasteiger partial charge in [0.1, 0.15) is 5.82 Å². The summed E-state index contributed by atoms with van der Waals surface area (Å²) in [5.74, 6) is 0.580. The van der Waals surface area contributed by atoms with Crippen molar-refractivity contribution in [1.82, 2.24) is 9.80 Å². The lowest BCUT2D eigenvalue weighted by atomic mass is 10.1. The van der Waals surface area contributed by atoms with E-state index in [4.69, 9.17) is 11.6 Å². The van der Waals surface area contributed by atoms with E-state index >= 15 is 0 Å². The van der Waals surface area contributed by atoms with Gasteiger partial charge in [0.25, 0.3) is 0 Å². The van der Waals surface area contributed by atoms with Crippen LogP contribution in [0, 0.1) is 5.82 Å². The van der Waals surface area contributed by atoms with Gasteiger partial charge in [0.05, 0.1) is 0 Å². The van der Waals surface area contributed by atoms with Gasteiger partial charge in [-0.2, -0.15) is 0 Å². The maximum absolute atomic E-state index is 13.5. The zero-order valence-electron chi connectivity index (χ0n) is 11.7. The molecule has 0 aliphatic carbocycles. The number of hydrogen-bond acceptors (Lipinski definition) is 1. The van der Waals surface area contributed by atoms with E-state index in [1.54, 1.807) is 12.1 Å². The number of aliphatic imine (C=N–C) groups is 1. The standard InChI is InChI=1S/C13H19ClFN3.HI/c1-17(2)13(18(3)4)16-9-8-10-11(14)6-5-7-12(10)15;/h5-7H,8-9H2,1-4H3;1H. The predicted octanol–water partition coefficient (Wildman–Crippen LogP) is 3.12. The average Bonchev–Trinajstić information content (AvgIpc) is 2.26. The van der Waals surface area contributed by atoms with Crippen LogP contribution in [0.4, 0.5) is 4.39 Å². The molecule has 108 valence electrons. The fourth-order valence-electron chi connectivity index (χ4n) is 1.72. The zero-order chi connectivity index (χ0) is 13.7. The highest BCUT2D eigenvalue weighted by atomic mass is 127. The smallest absolute Gasteiger partial charge is 0.195 e. The van der Waals surface area contributed by atoms with E-state index < -0.39 is 0 Å². The molecule has 0 amide bonds. The third-order valence-electron chi connectivity index (χ3n) is 2.48. The van der Waals surface area contributed by atoms with E-state index in [0.717, 1.165) is 5.96 Å². The molecule has 1 aromatic rings. The van der Waals surface area contributed by atoms with Gasteiger partial charge in [-0.3, -0.25) is 4.99 Å². The maximum atomic E-state index is 13.5. The van der Waals surface area contributed by atoms with Crippen LogP contribution >= 0.6 is 35.6 Å². The molecular formula is C13H20ClFIN3. The summed E-state index contributed by atoms with van der Waals surface area (Å²) in [6.45, 7) is 0.506. The molecule has 0 saturated heterocycles. The molecule has 0 fully saturated rings. The quantitative estimate of drug-likeness (QED) is 0.442. The van der Waals surface area contributed by atoms with Gasteiger partial charge in [-0.1, -0.05) is 17.7 Å². The Morgan fingerprint density at radius 3 is 2.26 bits per heavy atom. The second kappa shape index (κ2) is 8.58. The summed E-state index contributed by atoms with van der Waals surface area (Å²) >= 11 is 5.96. The molecular weight excluding hydrogens is 380 g/mol. The van der Waals surface area contributed by atoms with Gasteiger partial charge in [0.2, 0.25) is 0 Å². The van der Waals surface area contributed by atoms with E-state index in [9.17, 15) is 4.39 Å². The number of guanidine groups is 1. The lowest BCUT2D eigenvalue weighted by Crippen LogP contribution is -2.35. The summed E-state index contributed by atoms with van der Waals surface area (Å²) in [5.41, 5.74) is 0.528. The van der Waals surface area contributed by atoms with Gasteiger partial charge in [-0.25, -0.2) is 4.39 Å². The van der Waals surface area contributed by atoms with Crippen molar-refractivity contribution in [2.24, 2.45) is 4.99 Å². The van der Waals surface area contributed by atoms with Crippen molar-refractivity contribution >= 4 is 41.5 Å². The Bertz CT molecular complexity index is 406. The summed E-state index contributed by atoms with van der Waals surface area (Å²) in [6.07, 6.45) is 0.497. The second-order valence-electron chi connectivity index (χ2n) is 4.42. The normalized spacial score (nSPS) is 9.58. The molecule has 0 spiro atoms. The van der Waals surface area contributed by atoms with E-state index in [0.29, 0.717) is 23.6 Å². The van der Waals surface area contributed by atoms with Crippen molar-refractivity contribution < 1.29 is 4.39 Å². The van der Waals surface area contributed by atoms with Crippen LogP contribution < -0.4 is 0 Å². The first-order valence-corrected chi connectivity index (χ1v) is 6.13. The third kappa shape index (κ3) is 5.52. The summed E-state index contributed by atoms with van der Waals surface area (Å²) in [6, 6.07) is 4.72. The van der Waals surface area contributed by atoms with Crippen molar-refractivity contribution in [2.75, 3.05) is 34.7 Å². The molecule has 6 heteroatoms. The van der Waals surface area contributed by atoms with Crippen molar-refractivity contribution in [3.05, 3.63) is 34.6 Å². The van der Waals surface area contributed by atoms with E-state index in [-0.39, 0.29) is 29.8 Å². The van der Waals surface area contributed by atoms with Gasteiger partial charge < -0.3 is 9.80 Å². The number of halogens is 3. The fourth-order valence-corrected chi connectivity index (χ4v) is 1.98. The van der Waals surface area contributed by atoms with Crippen LogP contribution in [0.25, 0.3) is 0 Å². The largest absolute Gasteiger partial charge is 0.349 e. The van der Waals surface area contributed by atoms with Crippen LogP contribution in [0.5, 0.6) is 0 Å². The molecule has 0 bridgehead atoms. The van der Waals surface area contributed by atoms with Crippen LogP contribution in [-0.4, -0.2) is 50.5 Å². The molecule has 3 nitrogen and oxygen atoms in total. The molecule has 0 unspecified atom stereocenters. The average molecular weight is 400 g/mol. The molecule has 0 atom stereocenters. The van der Waals surface area contributed by atoms with Crippen LogP contribution in [-0.2, 0) is 6.42 Å². The Morgan fingerprint density at radius 2 is 1.79 bits per heavy atom. The number of rotatable bonds is 3. The monoisotopic (exact) mass is 399 g/mol. The van der Waals surface area contributed by atoms with Gasteiger partial charge in [-0.05, 0) is 18.6 Å². The highest BCUT2D eigenvalue weighted by molar-refractivity contribution is 14.0. The maximum Gasteiger partial charge on any atom is 0.195 e. The highest BCUT2D eigenvalue weighted by Crippen LogP contribution is 2.19. The lowest BCUT2D eigenvalue weighted by molar-refractivity contribution is 0.479. The molecule has 0 N–H and O–H groups in total. The summed E-state index contributed by atoms with van der Waals surface area (Å²) in [4.78, 5) is 8.28. The fraction of sp³-hybridized carbons (Fsp3) is 0.462. The number of benzene rings is 1. The van der Waals surface area contributed by atoms with E-state index in [1.807, 2.05) is 38.0 Å². The molecule has 1 rings (SSSR count). The topological polar surface area (TPSA) is 18.8 Å². The SMILES string of the molecule is CN(C)C(=NCCc1c(F)cccc1Cl)N(C)C.I. The Kier molecular flexibility index (Phi) is 8.33. The van der Waals surface area contributed by atoms with E-state index in [1.165, 1.54) is 6.07 Å². The first-order valence-electron chi connectivity index (χ1n) is 5.75. The summed E-state index contributed by atoms with van der Waals surface area (Å²) in [5, 5.41) is 0.460. The van der Waals surface area contributed by atoms with Crippen molar-refractivity contribution in [2.45, 2.75) is 6.42 Å². The van der Waals surface area contributed by atoms with Crippen LogP contribution in [0.3, 0.4) is 0 Å². The molecule has 1 aromatic carbocycles. The van der Waals surface area contributed by atoms with Crippen molar-refractivity contribution in [1.29, 1.82) is 0 Å². The Balaban J connectivity index is 0.00000324. The summed E-state index contributed by atoms with van der Waals surface area (Å²) < 4.78 is 13.5. The molecule has 0 aromatic heterocycles. The molecule has 0 aliphatic heterocycles. The van der Waals surface area contributed by atoms with Gasteiger partial charge >= 0.3 is 0 Å². The minimum Gasteiger partial charge on any atom is -0.349 e. The Labute approximate surface area is 136 Å².